The van der Waals surface area contributed by atoms with E-state index in [1.165, 1.54) is 5.56 Å². The Morgan fingerprint density at radius 3 is 2.75 bits per heavy atom. The molecule has 126 valence electrons. The van der Waals surface area contributed by atoms with Gasteiger partial charge in [-0.2, -0.15) is 0 Å². The van der Waals surface area contributed by atoms with Crippen LogP contribution in [0, 0.1) is 6.92 Å². The largest absolute Gasteiger partial charge is 0.349 e. The summed E-state index contributed by atoms with van der Waals surface area (Å²) in [5.41, 5.74) is 4.59. The monoisotopic (exact) mass is 324 g/mol. The number of aryl methyl sites for hydroxylation is 2. The van der Waals surface area contributed by atoms with Gasteiger partial charge >= 0.3 is 0 Å². The van der Waals surface area contributed by atoms with Crippen LogP contribution in [0.25, 0.3) is 0 Å². The molecule has 0 saturated carbocycles. The molecule has 0 unspecified atom stereocenters. The molecule has 1 heterocycles. The van der Waals surface area contributed by atoms with E-state index in [0.717, 1.165) is 29.7 Å². The van der Waals surface area contributed by atoms with Gasteiger partial charge in [-0.1, -0.05) is 29.8 Å². The molecule has 0 bridgehead atoms. The van der Waals surface area contributed by atoms with Crippen LogP contribution >= 0.6 is 0 Å². The maximum absolute atomic E-state index is 12.6. The number of carbonyl (C=O) groups is 2. The number of carbonyl (C=O) groups excluding carboxylic acids is 2. The molecule has 1 amide bonds. The first kappa shape index (κ1) is 16.5. The summed E-state index contributed by atoms with van der Waals surface area (Å²) < 4.78 is 1.91. The van der Waals surface area contributed by atoms with Crippen molar-refractivity contribution in [3.8, 4) is 0 Å². The van der Waals surface area contributed by atoms with E-state index in [9.17, 15) is 9.59 Å². The van der Waals surface area contributed by atoms with Crippen LogP contribution in [0.4, 0.5) is 0 Å². The molecule has 0 atom stereocenters. The molecular formula is C20H24N2O2. The van der Waals surface area contributed by atoms with Crippen LogP contribution in [0.15, 0.2) is 30.3 Å². The molecule has 24 heavy (non-hydrogen) atoms. The maximum atomic E-state index is 12.6. The molecule has 1 N–H and O–H groups in total. The second-order valence-corrected chi connectivity index (χ2v) is 6.88. The molecule has 0 radical (unpaired) electrons. The van der Waals surface area contributed by atoms with Gasteiger partial charge in [0, 0.05) is 19.0 Å². The Hall–Kier alpha value is -2.36. The van der Waals surface area contributed by atoms with Crippen molar-refractivity contribution in [2.75, 3.05) is 0 Å². The van der Waals surface area contributed by atoms with Gasteiger partial charge in [-0.15, -0.1) is 0 Å². The van der Waals surface area contributed by atoms with Crippen LogP contribution in [-0.4, -0.2) is 22.3 Å². The van der Waals surface area contributed by atoms with Crippen LogP contribution in [0.3, 0.4) is 0 Å². The molecule has 0 spiro atoms. The first-order valence-electron chi connectivity index (χ1n) is 8.57. The molecule has 4 nitrogen and oxygen atoms in total. The highest BCUT2D eigenvalue weighted by Gasteiger charge is 2.27. The van der Waals surface area contributed by atoms with Gasteiger partial charge in [0.25, 0.3) is 5.91 Å². The zero-order valence-corrected chi connectivity index (χ0v) is 14.6. The number of ketones is 1. The Labute approximate surface area is 142 Å². The lowest BCUT2D eigenvalue weighted by Crippen LogP contribution is -2.32. The Morgan fingerprint density at radius 1 is 1.25 bits per heavy atom. The predicted molar refractivity (Wildman–Crippen MR) is 94.6 cm³/mol. The molecule has 1 aliphatic carbocycles. The summed E-state index contributed by atoms with van der Waals surface area (Å²) in [6.45, 7) is 6.48. The van der Waals surface area contributed by atoms with Crippen molar-refractivity contribution >= 4 is 11.7 Å². The van der Waals surface area contributed by atoms with Gasteiger partial charge in [-0.3, -0.25) is 9.59 Å². The third-order valence-corrected chi connectivity index (χ3v) is 4.37. The first-order valence-corrected chi connectivity index (χ1v) is 8.57. The SMILES string of the molecule is Cc1cccc(Cn2c(C(=O)NC(C)C)cc3c2C(=O)CCC3)c1. The predicted octanol–water partition coefficient (Wildman–Crippen LogP) is 3.50. The highest BCUT2D eigenvalue weighted by atomic mass is 16.2. The summed E-state index contributed by atoms with van der Waals surface area (Å²) in [4.78, 5) is 25.1. The van der Waals surface area contributed by atoms with Crippen molar-refractivity contribution in [1.82, 2.24) is 9.88 Å². The van der Waals surface area contributed by atoms with Crippen molar-refractivity contribution in [2.24, 2.45) is 0 Å². The van der Waals surface area contributed by atoms with Crippen LogP contribution in [0.5, 0.6) is 0 Å². The lowest BCUT2D eigenvalue weighted by Gasteiger charge is -2.17. The molecule has 0 saturated heterocycles. The van der Waals surface area contributed by atoms with Crippen molar-refractivity contribution in [3.63, 3.8) is 0 Å². The number of fused-ring (bicyclic) bond motifs is 1. The van der Waals surface area contributed by atoms with Crippen LogP contribution in [0.1, 0.15) is 64.4 Å². The normalized spacial score (nSPS) is 13.9. The number of amides is 1. The van der Waals surface area contributed by atoms with Gasteiger partial charge in [-0.05, 0) is 50.8 Å². The van der Waals surface area contributed by atoms with E-state index in [1.807, 2.05) is 49.6 Å². The number of nitrogens with zero attached hydrogens (tertiary/aromatic N) is 1. The summed E-state index contributed by atoms with van der Waals surface area (Å²) in [5, 5.41) is 2.95. The molecule has 2 aromatic rings. The molecule has 0 aliphatic heterocycles. The van der Waals surface area contributed by atoms with E-state index >= 15 is 0 Å². The fourth-order valence-corrected chi connectivity index (χ4v) is 3.36. The van der Waals surface area contributed by atoms with Gasteiger partial charge < -0.3 is 9.88 Å². The van der Waals surface area contributed by atoms with Crippen molar-refractivity contribution in [3.05, 3.63) is 58.4 Å². The lowest BCUT2D eigenvalue weighted by molar-refractivity contribution is 0.0933. The third-order valence-electron chi connectivity index (χ3n) is 4.37. The van der Waals surface area contributed by atoms with E-state index in [-0.39, 0.29) is 17.7 Å². The Balaban J connectivity index is 2.05. The molecule has 0 fully saturated rings. The average Bonchev–Trinajstić information content (AvgIpc) is 2.87. The van der Waals surface area contributed by atoms with Crippen molar-refractivity contribution in [1.29, 1.82) is 0 Å². The minimum atomic E-state index is -0.111. The summed E-state index contributed by atoms with van der Waals surface area (Å²) in [6.07, 6.45) is 2.30. The number of Topliss-reactive ketones (excluding diaryl/α,β-unsaturated/α-hetero) is 1. The molecular weight excluding hydrogens is 300 g/mol. The molecule has 3 rings (SSSR count). The van der Waals surface area contributed by atoms with Gasteiger partial charge in [0.2, 0.25) is 0 Å². The number of aromatic nitrogens is 1. The fraction of sp³-hybridized carbons (Fsp3) is 0.400. The first-order chi connectivity index (χ1) is 11.5. The van der Waals surface area contributed by atoms with E-state index in [0.29, 0.717) is 18.7 Å². The van der Waals surface area contributed by atoms with Crippen LogP contribution < -0.4 is 5.32 Å². The van der Waals surface area contributed by atoms with Gasteiger partial charge in [0.05, 0.1) is 5.69 Å². The smallest absolute Gasteiger partial charge is 0.268 e. The average molecular weight is 324 g/mol. The lowest BCUT2D eigenvalue weighted by atomic mass is 9.97. The zero-order valence-electron chi connectivity index (χ0n) is 14.6. The van der Waals surface area contributed by atoms with Crippen LogP contribution in [-0.2, 0) is 13.0 Å². The second-order valence-electron chi connectivity index (χ2n) is 6.88. The van der Waals surface area contributed by atoms with E-state index < -0.39 is 0 Å². The number of nitrogens with one attached hydrogen (secondary N) is 1. The summed E-state index contributed by atoms with van der Waals surface area (Å²) in [5.74, 6) is 0.0346. The van der Waals surface area contributed by atoms with Gasteiger partial charge in [0.1, 0.15) is 5.69 Å². The summed E-state index contributed by atoms with van der Waals surface area (Å²) >= 11 is 0. The standard InChI is InChI=1S/C20H24N2O2/c1-13(2)21-20(24)17-11-16-8-5-9-18(23)19(16)22(17)12-15-7-4-6-14(3)10-15/h4,6-7,10-11,13H,5,8-9,12H2,1-3H3,(H,21,24). The minimum Gasteiger partial charge on any atom is -0.349 e. The zero-order chi connectivity index (χ0) is 17.3. The number of rotatable bonds is 4. The van der Waals surface area contributed by atoms with Crippen molar-refractivity contribution < 1.29 is 9.59 Å². The topological polar surface area (TPSA) is 51.1 Å². The number of hydrogen-bond acceptors (Lipinski definition) is 2. The minimum absolute atomic E-state index is 0.0625. The highest BCUT2D eigenvalue weighted by molar-refractivity contribution is 6.01. The fourth-order valence-electron chi connectivity index (χ4n) is 3.36. The quantitative estimate of drug-likeness (QED) is 0.936. The van der Waals surface area contributed by atoms with E-state index in [2.05, 4.69) is 11.4 Å². The van der Waals surface area contributed by atoms with E-state index in [1.54, 1.807) is 0 Å². The van der Waals surface area contributed by atoms with Gasteiger partial charge in [0.15, 0.2) is 5.78 Å². The molecule has 1 aromatic heterocycles. The van der Waals surface area contributed by atoms with Crippen LogP contribution in [0.2, 0.25) is 0 Å². The Kier molecular flexibility index (Phi) is 4.56. The Morgan fingerprint density at radius 2 is 2.04 bits per heavy atom. The second kappa shape index (κ2) is 6.63. The Bertz CT molecular complexity index is 787. The molecule has 1 aromatic carbocycles. The number of hydrogen-bond donors (Lipinski definition) is 1. The third kappa shape index (κ3) is 3.28. The molecule has 1 aliphatic rings. The van der Waals surface area contributed by atoms with E-state index in [4.69, 9.17) is 0 Å². The molecule has 4 heteroatoms. The maximum Gasteiger partial charge on any atom is 0.268 e. The number of benzene rings is 1. The van der Waals surface area contributed by atoms with Gasteiger partial charge in [-0.25, -0.2) is 0 Å². The van der Waals surface area contributed by atoms with Crippen molar-refractivity contribution in [2.45, 2.75) is 52.6 Å². The highest BCUT2D eigenvalue weighted by Crippen LogP contribution is 2.26. The summed E-state index contributed by atoms with van der Waals surface area (Å²) in [7, 11) is 0. The summed E-state index contributed by atoms with van der Waals surface area (Å²) in [6, 6.07) is 10.2.